The largest absolute Gasteiger partial charge is 0.343 e. The highest BCUT2D eigenvalue weighted by Crippen LogP contribution is 2.37. The summed E-state index contributed by atoms with van der Waals surface area (Å²) < 4.78 is 24.6. The monoisotopic (exact) mass is 225 g/mol. The van der Waals surface area contributed by atoms with Crippen LogP contribution in [0.3, 0.4) is 0 Å². The molecule has 88 valence electrons. The van der Waals surface area contributed by atoms with Crippen molar-refractivity contribution in [2.24, 2.45) is 5.73 Å². The molecule has 2 rings (SSSR count). The normalized spacial score (nSPS) is 29.6. The first-order valence-electron chi connectivity index (χ1n) is 5.48. The Morgan fingerprint density at radius 3 is 2.94 bits per heavy atom. The van der Waals surface area contributed by atoms with Crippen molar-refractivity contribution in [2.75, 3.05) is 13.2 Å². The molecule has 1 aliphatic rings. The molecule has 1 aromatic rings. The summed E-state index contributed by atoms with van der Waals surface area (Å²) in [6, 6.07) is 6.32. The van der Waals surface area contributed by atoms with Gasteiger partial charge >= 0.3 is 0 Å². The third-order valence-electron chi connectivity index (χ3n) is 2.85. The van der Waals surface area contributed by atoms with Gasteiger partial charge in [-0.2, -0.15) is 0 Å². The molecule has 2 atom stereocenters. The minimum absolute atomic E-state index is 0.108. The van der Waals surface area contributed by atoms with E-state index in [-0.39, 0.29) is 11.9 Å². The molecule has 1 heterocycles. The molecule has 1 aliphatic heterocycles. The highest BCUT2D eigenvalue weighted by atomic mass is 19.1. The lowest BCUT2D eigenvalue weighted by Crippen LogP contribution is -2.29. The number of benzene rings is 1. The first-order valence-corrected chi connectivity index (χ1v) is 5.48. The number of ether oxygens (including phenoxy) is 2. The molecule has 0 bridgehead atoms. The zero-order valence-corrected chi connectivity index (χ0v) is 9.28. The maximum Gasteiger partial charge on any atom is 0.195 e. The van der Waals surface area contributed by atoms with Gasteiger partial charge in [0.1, 0.15) is 5.82 Å². The predicted octanol–water partition coefficient (Wildman–Crippen LogP) is 1.76. The Morgan fingerprint density at radius 2 is 2.38 bits per heavy atom. The SMILES string of the molecule is CCC1(c2cccc(F)c2)OCC(CN)O1. The number of halogens is 1. The van der Waals surface area contributed by atoms with Gasteiger partial charge in [0.05, 0.1) is 12.7 Å². The first kappa shape index (κ1) is 11.5. The molecule has 0 radical (unpaired) electrons. The number of nitrogens with two attached hydrogens (primary N) is 1. The van der Waals surface area contributed by atoms with E-state index in [4.69, 9.17) is 15.2 Å². The smallest absolute Gasteiger partial charge is 0.195 e. The van der Waals surface area contributed by atoms with Crippen LogP contribution in [0.1, 0.15) is 18.9 Å². The van der Waals surface area contributed by atoms with Crippen LogP contribution in [0.15, 0.2) is 24.3 Å². The maximum absolute atomic E-state index is 13.2. The zero-order valence-electron chi connectivity index (χ0n) is 9.28. The van der Waals surface area contributed by atoms with Crippen LogP contribution in [0, 0.1) is 5.82 Å². The lowest BCUT2D eigenvalue weighted by Gasteiger charge is -2.27. The molecule has 2 unspecified atom stereocenters. The molecule has 3 nitrogen and oxygen atoms in total. The molecule has 16 heavy (non-hydrogen) atoms. The van der Waals surface area contributed by atoms with Gasteiger partial charge < -0.3 is 15.2 Å². The Balaban J connectivity index is 2.29. The van der Waals surface area contributed by atoms with Crippen molar-refractivity contribution < 1.29 is 13.9 Å². The van der Waals surface area contributed by atoms with Crippen LogP contribution >= 0.6 is 0 Å². The molecule has 4 heteroatoms. The van der Waals surface area contributed by atoms with Gasteiger partial charge in [0, 0.05) is 18.5 Å². The fourth-order valence-electron chi connectivity index (χ4n) is 1.95. The van der Waals surface area contributed by atoms with E-state index in [1.807, 2.05) is 13.0 Å². The molecule has 1 aromatic carbocycles. The molecule has 0 aromatic heterocycles. The quantitative estimate of drug-likeness (QED) is 0.852. The van der Waals surface area contributed by atoms with Crippen LogP contribution in [0.2, 0.25) is 0 Å². The van der Waals surface area contributed by atoms with Crippen LogP contribution < -0.4 is 5.73 Å². The second kappa shape index (κ2) is 4.49. The molecule has 0 saturated carbocycles. The predicted molar refractivity (Wildman–Crippen MR) is 58.2 cm³/mol. The molecule has 0 amide bonds. The minimum Gasteiger partial charge on any atom is -0.343 e. The summed E-state index contributed by atoms with van der Waals surface area (Å²) in [7, 11) is 0. The Bertz CT molecular complexity index is 372. The van der Waals surface area contributed by atoms with Gasteiger partial charge in [-0.1, -0.05) is 19.1 Å². The minimum atomic E-state index is -0.827. The summed E-state index contributed by atoms with van der Waals surface area (Å²) in [4.78, 5) is 0. The van der Waals surface area contributed by atoms with Crippen LogP contribution in [-0.4, -0.2) is 19.3 Å². The van der Waals surface area contributed by atoms with E-state index in [9.17, 15) is 4.39 Å². The van der Waals surface area contributed by atoms with E-state index in [2.05, 4.69) is 0 Å². The molecular weight excluding hydrogens is 209 g/mol. The van der Waals surface area contributed by atoms with Crippen LogP contribution in [0.25, 0.3) is 0 Å². The summed E-state index contributed by atoms with van der Waals surface area (Å²) in [6.45, 7) is 2.82. The Kier molecular flexibility index (Phi) is 3.23. The Morgan fingerprint density at radius 1 is 1.56 bits per heavy atom. The maximum atomic E-state index is 13.2. The molecule has 0 aliphatic carbocycles. The second-order valence-electron chi connectivity index (χ2n) is 3.90. The van der Waals surface area contributed by atoms with E-state index in [0.717, 1.165) is 0 Å². The average Bonchev–Trinajstić information content (AvgIpc) is 2.74. The molecule has 1 saturated heterocycles. The van der Waals surface area contributed by atoms with Crippen molar-refractivity contribution >= 4 is 0 Å². The number of hydrogen-bond donors (Lipinski definition) is 1. The summed E-state index contributed by atoms with van der Waals surface area (Å²) in [6.07, 6.45) is 0.524. The number of hydrogen-bond acceptors (Lipinski definition) is 3. The molecule has 1 fully saturated rings. The van der Waals surface area contributed by atoms with Gasteiger partial charge in [-0.15, -0.1) is 0 Å². The van der Waals surface area contributed by atoms with Crippen molar-refractivity contribution in [2.45, 2.75) is 25.2 Å². The molecule has 2 N–H and O–H groups in total. The highest BCUT2D eigenvalue weighted by molar-refractivity contribution is 5.22. The van der Waals surface area contributed by atoms with Crippen LogP contribution in [0.4, 0.5) is 4.39 Å². The topological polar surface area (TPSA) is 44.5 Å². The van der Waals surface area contributed by atoms with Crippen LogP contribution in [0.5, 0.6) is 0 Å². The van der Waals surface area contributed by atoms with Crippen molar-refractivity contribution in [3.05, 3.63) is 35.6 Å². The average molecular weight is 225 g/mol. The van der Waals surface area contributed by atoms with E-state index < -0.39 is 5.79 Å². The lowest BCUT2D eigenvalue weighted by atomic mass is 10.0. The van der Waals surface area contributed by atoms with Gasteiger partial charge in [-0.3, -0.25) is 0 Å². The van der Waals surface area contributed by atoms with Gasteiger partial charge in [0.2, 0.25) is 0 Å². The summed E-state index contributed by atoms with van der Waals surface area (Å²) in [5.74, 6) is -1.11. The second-order valence-corrected chi connectivity index (χ2v) is 3.90. The van der Waals surface area contributed by atoms with E-state index in [1.165, 1.54) is 12.1 Å². The van der Waals surface area contributed by atoms with E-state index >= 15 is 0 Å². The third-order valence-corrected chi connectivity index (χ3v) is 2.85. The summed E-state index contributed by atoms with van der Waals surface area (Å²) in [5, 5.41) is 0. The Labute approximate surface area is 94.3 Å². The Hall–Kier alpha value is -0.970. The van der Waals surface area contributed by atoms with E-state index in [0.29, 0.717) is 25.1 Å². The summed E-state index contributed by atoms with van der Waals surface area (Å²) in [5.41, 5.74) is 6.25. The fourth-order valence-corrected chi connectivity index (χ4v) is 1.95. The van der Waals surface area contributed by atoms with Gasteiger partial charge in [0.15, 0.2) is 5.79 Å². The standard InChI is InChI=1S/C12H16FNO2/c1-2-12(15-8-11(7-14)16-12)9-4-3-5-10(13)6-9/h3-6,11H,2,7-8,14H2,1H3. The van der Waals surface area contributed by atoms with Gasteiger partial charge in [0.25, 0.3) is 0 Å². The molecular formula is C12H16FNO2. The summed E-state index contributed by atoms with van der Waals surface area (Å²) >= 11 is 0. The molecule has 0 spiro atoms. The van der Waals surface area contributed by atoms with Crippen molar-refractivity contribution in [3.8, 4) is 0 Å². The van der Waals surface area contributed by atoms with Crippen LogP contribution in [-0.2, 0) is 15.3 Å². The third kappa shape index (κ3) is 1.96. The van der Waals surface area contributed by atoms with Gasteiger partial charge in [-0.05, 0) is 12.1 Å². The lowest BCUT2D eigenvalue weighted by molar-refractivity contribution is -0.178. The number of rotatable bonds is 3. The van der Waals surface area contributed by atoms with Crippen molar-refractivity contribution in [3.63, 3.8) is 0 Å². The fraction of sp³-hybridized carbons (Fsp3) is 0.500. The van der Waals surface area contributed by atoms with Gasteiger partial charge in [-0.25, -0.2) is 4.39 Å². The highest BCUT2D eigenvalue weighted by Gasteiger charge is 2.41. The van der Waals surface area contributed by atoms with Crippen molar-refractivity contribution in [1.29, 1.82) is 0 Å². The zero-order chi connectivity index (χ0) is 11.6. The van der Waals surface area contributed by atoms with E-state index in [1.54, 1.807) is 6.07 Å². The van der Waals surface area contributed by atoms with Crippen molar-refractivity contribution in [1.82, 2.24) is 0 Å². The first-order chi connectivity index (χ1) is 7.70.